The third kappa shape index (κ3) is 2.94. The fourth-order valence-corrected chi connectivity index (χ4v) is 2.88. The highest BCUT2D eigenvalue weighted by molar-refractivity contribution is 7.09. The molecule has 0 aliphatic heterocycles. The lowest BCUT2D eigenvalue weighted by atomic mass is 10.3. The Kier molecular flexibility index (Phi) is 3.89. The van der Waals surface area contributed by atoms with Gasteiger partial charge in [0, 0.05) is 18.0 Å². The van der Waals surface area contributed by atoms with Gasteiger partial charge >= 0.3 is 0 Å². The third-order valence-corrected chi connectivity index (χ3v) is 4.17. The maximum atomic E-state index is 12.6. The molecule has 0 aromatic carbocycles. The molecule has 5 heteroatoms. The van der Waals surface area contributed by atoms with Crippen molar-refractivity contribution in [2.45, 2.75) is 32.0 Å². The Morgan fingerprint density at radius 2 is 2.30 bits per heavy atom. The van der Waals surface area contributed by atoms with E-state index in [2.05, 4.69) is 6.07 Å². The SMILES string of the molecule is COCc1ccc(C(=O)N(Cc2cccs2)C2CC2)o1. The smallest absolute Gasteiger partial charge is 0.290 e. The van der Waals surface area contributed by atoms with Crippen LogP contribution in [-0.4, -0.2) is 24.0 Å². The summed E-state index contributed by atoms with van der Waals surface area (Å²) in [5.41, 5.74) is 0. The van der Waals surface area contributed by atoms with Gasteiger partial charge in [0.15, 0.2) is 5.76 Å². The molecule has 0 bridgehead atoms. The molecule has 106 valence electrons. The molecule has 4 nitrogen and oxygen atoms in total. The Morgan fingerprint density at radius 3 is 2.95 bits per heavy atom. The van der Waals surface area contributed by atoms with E-state index in [4.69, 9.17) is 9.15 Å². The maximum absolute atomic E-state index is 12.6. The molecule has 0 atom stereocenters. The van der Waals surface area contributed by atoms with Crippen LogP contribution in [0.15, 0.2) is 34.1 Å². The number of furan rings is 1. The van der Waals surface area contributed by atoms with Gasteiger partial charge in [0.25, 0.3) is 5.91 Å². The first-order chi connectivity index (χ1) is 9.78. The number of amides is 1. The molecule has 2 aromatic heterocycles. The second kappa shape index (κ2) is 5.81. The molecular weight excluding hydrogens is 274 g/mol. The minimum absolute atomic E-state index is 0.0248. The molecule has 0 saturated heterocycles. The summed E-state index contributed by atoms with van der Waals surface area (Å²) < 4.78 is 10.6. The highest BCUT2D eigenvalue weighted by Gasteiger charge is 2.34. The van der Waals surface area contributed by atoms with E-state index >= 15 is 0 Å². The highest BCUT2D eigenvalue weighted by Crippen LogP contribution is 2.31. The Morgan fingerprint density at radius 1 is 1.45 bits per heavy atom. The zero-order valence-corrected chi connectivity index (χ0v) is 12.2. The van der Waals surface area contributed by atoms with Gasteiger partial charge in [0.05, 0.1) is 6.54 Å². The molecule has 1 aliphatic carbocycles. The molecule has 1 saturated carbocycles. The second-order valence-electron chi connectivity index (χ2n) is 4.94. The Hall–Kier alpha value is -1.59. The number of carbonyl (C=O) groups excluding carboxylic acids is 1. The molecule has 3 rings (SSSR count). The Balaban J connectivity index is 1.74. The number of ether oxygens (including phenoxy) is 1. The normalized spacial score (nSPS) is 14.4. The molecule has 0 radical (unpaired) electrons. The summed E-state index contributed by atoms with van der Waals surface area (Å²) in [7, 11) is 1.61. The second-order valence-corrected chi connectivity index (χ2v) is 5.97. The monoisotopic (exact) mass is 291 g/mol. The maximum Gasteiger partial charge on any atom is 0.290 e. The number of hydrogen-bond acceptors (Lipinski definition) is 4. The van der Waals surface area contributed by atoms with Crippen molar-refractivity contribution in [1.29, 1.82) is 0 Å². The predicted octanol–water partition coefficient (Wildman–Crippen LogP) is 3.29. The summed E-state index contributed by atoms with van der Waals surface area (Å²) in [5.74, 6) is 1.06. The summed E-state index contributed by atoms with van der Waals surface area (Å²) in [6.45, 7) is 1.06. The fourth-order valence-electron chi connectivity index (χ4n) is 2.18. The molecule has 2 aromatic rings. The minimum Gasteiger partial charge on any atom is -0.453 e. The quantitative estimate of drug-likeness (QED) is 0.820. The van der Waals surface area contributed by atoms with E-state index in [0.717, 1.165) is 12.8 Å². The lowest BCUT2D eigenvalue weighted by Gasteiger charge is -2.20. The van der Waals surface area contributed by atoms with Crippen LogP contribution in [0.3, 0.4) is 0 Å². The largest absolute Gasteiger partial charge is 0.453 e. The van der Waals surface area contributed by atoms with Gasteiger partial charge in [-0.05, 0) is 36.4 Å². The average Bonchev–Trinajstić information content (AvgIpc) is 2.97. The van der Waals surface area contributed by atoms with Crippen LogP contribution < -0.4 is 0 Å². The number of hydrogen-bond donors (Lipinski definition) is 0. The van der Waals surface area contributed by atoms with Gasteiger partial charge in [0.2, 0.25) is 0 Å². The summed E-state index contributed by atoms with van der Waals surface area (Å²) in [5, 5.41) is 2.04. The number of methoxy groups -OCH3 is 1. The van der Waals surface area contributed by atoms with Crippen molar-refractivity contribution in [3.05, 3.63) is 46.0 Å². The summed E-state index contributed by atoms with van der Waals surface area (Å²) >= 11 is 1.68. The molecule has 2 heterocycles. The van der Waals surface area contributed by atoms with Crippen molar-refractivity contribution in [2.75, 3.05) is 7.11 Å². The van der Waals surface area contributed by atoms with Crippen LogP contribution >= 0.6 is 11.3 Å². The lowest BCUT2D eigenvalue weighted by molar-refractivity contribution is 0.0691. The van der Waals surface area contributed by atoms with Crippen molar-refractivity contribution in [1.82, 2.24) is 4.90 Å². The topological polar surface area (TPSA) is 42.7 Å². The van der Waals surface area contributed by atoms with Crippen molar-refractivity contribution < 1.29 is 13.9 Å². The number of carbonyl (C=O) groups is 1. The van der Waals surface area contributed by atoms with Crippen molar-refractivity contribution in [3.63, 3.8) is 0 Å². The van der Waals surface area contributed by atoms with Gasteiger partial charge in [-0.2, -0.15) is 0 Å². The van der Waals surface area contributed by atoms with Crippen LogP contribution in [0.5, 0.6) is 0 Å². The number of nitrogens with zero attached hydrogens (tertiary/aromatic N) is 1. The molecule has 0 unspecified atom stereocenters. The van der Waals surface area contributed by atoms with Gasteiger partial charge in [-0.3, -0.25) is 4.79 Å². The standard InChI is InChI=1S/C15H17NO3S/c1-18-10-12-6-7-14(19-12)15(17)16(11-4-5-11)9-13-3-2-8-20-13/h2-3,6-8,11H,4-5,9-10H2,1H3. The predicted molar refractivity (Wildman–Crippen MR) is 76.6 cm³/mol. The van der Waals surface area contributed by atoms with E-state index in [-0.39, 0.29) is 5.91 Å². The Bertz CT molecular complexity index is 572. The third-order valence-electron chi connectivity index (χ3n) is 3.31. The molecular formula is C15H17NO3S. The van der Waals surface area contributed by atoms with Gasteiger partial charge in [-0.1, -0.05) is 6.07 Å². The van der Waals surface area contributed by atoms with E-state index in [1.54, 1.807) is 30.6 Å². The molecule has 20 heavy (non-hydrogen) atoms. The van der Waals surface area contributed by atoms with Crippen LogP contribution in [0.2, 0.25) is 0 Å². The average molecular weight is 291 g/mol. The first-order valence-corrected chi connectivity index (χ1v) is 7.57. The molecule has 1 amide bonds. The van der Waals surface area contributed by atoms with Crippen LogP contribution in [0.1, 0.15) is 34.0 Å². The van der Waals surface area contributed by atoms with Gasteiger partial charge < -0.3 is 14.1 Å². The van der Waals surface area contributed by atoms with Crippen molar-refractivity contribution in [3.8, 4) is 0 Å². The number of thiophene rings is 1. The molecule has 0 N–H and O–H groups in total. The Labute approximate surface area is 122 Å². The summed E-state index contributed by atoms with van der Waals surface area (Å²) in [6, 6.07) is 7.97. The first-order valence-electron chi connectivity index (χ1n) is 6.69. The lowest BCUT2D eigenvalue weighted by Crippen LogP contribution is -2.32. The first kappa shape index (κ1) is 13.4. The minimum atomic E-state index is -0.0248. The molecule has 1 fully saturated rings. The van der Waals surface area contributed by atoms with Gasteiger partial charge in [-0.15, -0.1) is 11.3 Å². The zero-order valence-electron chi connectivity index (χ0n) is 11.4. The van der Waals surface area contributed by atoms with Gasteiger partial charge in [0.1, 0.15) is 12.4 Å². The van der Waals surface area contributed by atoms with E-state index < -0.39 is 0 Å². The van der Waals surface area contributed by atoms with E-state index in [1.165, 1.54) is 4.88 Å². The van der Waals surface area contributed by atoms with Crippen molar-refractivity contribution >= 4 is 17.2 Å². The fraction of sp³-hybridized carbons (Fsp3) is 0.400. The van der Waals surface area contributed by atoms with Crippen LogP contribution in [0.25, 0.3) is 0 Å². The van der Waals surface area contributed by atoms with Crippen molar-refractivity contribution in [2.24, 2.45) is 0 Å². The van der Waals surface area contributed by atoms with Gasteiger partial charge in [-0.25, -0.2) is 0 Å². The number of rotatable bonds is 6. The summed E-state index contributed by atoms with van der Waals surface area (Å²) in [6.07, 6.45) is 2.17. The molecule has 1 aliphatic rings. The molecule has 0 spiro atoms. The zero-order chi connectivity index (χ0) is 13.9. The summed E-state index contributed by atoms with van der Waals surface area (Å²) in [4.78, 5) is 15.7. The van der Waals surface area contributed by atoms with Crippen LogP contribution in [0.4, 0.5) is 0 Å². The van der Waals surface area contributed by atoms with E-state index in [9.17, 15) is 4.79 Å². The van der Waals surface area contributed by atoms with Crippen LogP contribution in [-0.2, 0) is 17.9 Å². The van der Waals surface area contributed by atoms with E-state index in [0.29, 0.717) is 30.7 Å². The highest BCUT2D eigenvalue weighted by atomic mass is 32.1. The van der Waals surface area contributed by atoms with Crippen LogP contribution in [0, 0.1) is 0 Å². The van der Waals surface area contributed by atoms with E-state index in [1.807, 2.05) is 16.3 Å².